The molecule has 262 valence electrons. The third-order valence-corrected chi connectivity index (χ3v) is 6.87. The Labute approximate surface area is 282 Å². The van der Waals surface area contributed by atoms with Gasteiger partial charge in [-0.1, -0.05) is 77.9 Å². The van der Waals surface area contributed by atoms with Gasteiger partial charge in [-0.3, -0.25) is 4.79 Å². The highest BCUT2D eigenvalue weighted by molar-refractivity contribution is 7.26. The molecule has 2 aromatic heterocycles. The molecule has 0 fully saturated rings. The summed E-state index contributed by atoms with van der Waals surface area (Å²) in [5, 5.41) is 5.11. The number of aromatic nitrogens is 4. The average Bonchev–Trinajstić information content (AvgIpc) is 3.44. The summed E-state index contributed by atoms with van der Waals surface area (Å²) < 4.78 is 28.6. The van der Waals surface area contributed by atoms with Crippen LogP contribution in [0, 0.1) is 5.41 Å². The molecule has 12 nitrogen and oxygen atoms in total. The Balaban J connectivity index is 0.000000354. The second kappa shape index (κ2) is 22.1. The van der Waals surface area contributed by atoms with Gasteiger partial charge in [0.25, 0.3) is 0 Å². The highest BCUT2D eigenvalue weighted by atomic mass is 31.1. The molecule has 0 aliphatic carbocycles. The summed E-state index contributed by atoms with van der Waals surface area (Å²) in [5.41, 5.74) is 6.91. The monoisotopic (exact) mass is 674 g/mol. The minimum Gasteiger partial charge on any atom is -0.476 e. The maximum absolute atomic E-state index is 11.1. The van der Waals surface area contributed by atoms with Crippen LogP contribution in [0.5, 0.6) is 11.6 Å². The molecule has 0 aliphatic rings. The third-order valence-electron chi connectivity index (χ3n) is 6.28. The highest BCUT2D eigenvalue weighted by Gasteiger charge is 2.17. The van der Waals surface area contributed by atoms with E-state index in [1.165, 1.54) is 5.39 Å². The smallest absolute Gasteiger partial charge is 0.322 e. The van der Waals surface area contributed by atoms with Crippen molar-refractivity contribution in [3.05, 3.63) is 48.8 Å². The number of anilines is 1. The highest BCUT2D eigenvalue weighted by Crippen LogP contribution is 2.30. The molecular weight excluding hydrogens is 619 g/mol. The van der Waals surface area contributed by atoms with Crippen LogP contribution in [-0.2, 0) is 25.8 Å². The second-order valence-electron chi connectivity index (χ2n) is 11.3. The van der Waals surface area contributed by atoms with Gasteiger partial charge in [0.2, 0.25) is 20.9 Å². The van der Waals surface area contributed by atoms with E-state index in [2.05, 4.69) is 45.4 Å². The standard InChI is InChI=1S/C15H19O3P.C9H19NO2.C8H11N5O.C2H6/c1-3-13(16-2)11-17-19-18-15-10-6-8-12-7-4-5-9-14(12)15;1-7(10-5)8(11)12-6-9(2,3)4;1-3-14-7-5-6(11-8(9)12-7)13(2)4-10-5;1-2/h4-10,13,19H,3,11H2,1-2H3;7,10H,6H2,1-5H3;4H,3H2,1-2H3,(H2,9,11,12);1-2H3. The molecule has 3 N–H and O–H groups in total. The molecule has 0 saturated heterocycles. The van der Waals surface area contributed by atoms with Gasteiger partial charge >= 0.3 is 5.97 Å². The van der Waals surface area contributed by atoms with Gasteiger partial charge in [0.15, 0.2) is 11.2 Å². The molecule has 2 heterocycles. The molecule has 0 radical (unpaired) electrons. The lowest BCUT2D eigenvalue weighted by Crippen LogP contribution is -2.34. The first-order valence-corrected chi connectivity index (χ1v) is 16.7. The number of nitrogen functional groups attached to an aromatic ring is 1. The fourth-order valence-corrected chi connectivity index (χ4v) is 4.18. The summed E-state index contributed by atoms with van der Waals surface area (Å²) >= 11 is 0. The Kier molecular flexibility index (Phi) is 19.5. The summed E-state index contributed by atoms with van der Waals surface area (Å²) in [7, 11) is 5.28. The molecule has 0 aliphatic heterocycles. The Morgan fingerprint density at radius 1 is 1.09 bits per heavy atom. The lowest BCUT2D eigenvalue weighted by Gasteiger charge is -2.19. The topological polar surface area (TPSA) is 145 Å². The van der Waals surface area contributed by atoms with E-state index >= 15 is 0 Å². The number of carbonyl (C=O) groups is 1. The van der Waals surface area contributed by atoms with Crippen LogP contribution in [-0.4, -0.2) is 71.6 Å². The van der Waals surface area contributed by atoms with Crippen molar-refractivity contribution in [2.75, 3.05) is 39.7 Å². The van der Waals surface area contributed by atoms with Gasteiger partial charge in [-0.15, -0.1) is 0 Å². The van der Waals surface area contributed by atoms with Crippen LogP contribution in [0.15, 0.2) is 48.8 Å². The largest absolute Gasteiger partial charge is 0.476 e. The van der Waals surface area contributed by atoms with Crippen molar-refractivity contribution in [2.45, 2.75) is 74.0 Å². The summed E-state index contributed by atoms with van der Waals surface area (Å²) in [6, 6.07) is 14.0. The van der Waals surface area contributed by atoms with E-state index in [0.29, 0.717) is 36.9 Å². The molecule has 0 spiro atoms. The molecule has 3 unspecified atom stereocenters. The Morgan fingerprint density at radius 2 is 1.77 bits per heavy atom. The number of imidazole rings is 1. The lowest BCUT2D eigenvalue weighted by molar-refractivity contribution is -0.148. The number of nitrogens with zero attached hydrogens (tertiary/aromatic N) is 4. The number of fused-ring (bicyclic) bond motifs is 2. The molecule has 0 saturated carbocycles. The zero-order chi connectivity index (χ0) is 35.4. The first-order valence-electron chi connectivity index (χ1n) is 15.9. The van der Waals surface area contributed by atoms with Crippen LogP contribution in [0.1, 0.15) is 61.8 Å². The minimum absolute atomic E-state index is 0.00820. The third kappa shape index (κ3) is 14.8. The number of aryl methyl sites for hydroxylation is 1. The van der Waals surface area contributed by atoms with Gasteiger partial charge in [0, 0.05) is 19.5 Å². The van der Waals surface area contributed by atoms with E-state index in [-0.39, 0.29) is 38.5 Å². The quantitative estimate of drug-likeness (QED) is 0.0938. The molecule has 0 bridgehead atoms. The first kappa shape index (κ1) is 41.5. The van der Waals surface area contributed by atoms with Crippen molar-refractivity contribution in [3.8, 4) is 11.6 Å². The van der Waals surface area contributed by atoms with Gasteiger partial charge in [-0.2, -0.15) is 9.97 Å². The molecule has 3 atom stereocenters. The van der Waals surface area contributed by atoms with Crippen LogP contribution < -0.4 is 20.3 Å². The molecule has 0 amide bonds. The van der Waals surface area contributed by atoms with E-state index in [9.17, 15) is 4.79 Å². The number of benzene rings is 2. The van der Waals surface area contributed by atoms with Crippen LogP contribution >= 0.6 is 9.03 Å². The van der Waals surface area contributed by atoms with E-state index in [1.807, 2.05) is 72.9 Å². The number of hydrogen-bond donors (Lipinski definition) is 2. The summed E-state index contributed by atoms with van der Waals surface area (Å²) in [6.07, 6.45) is 2.74. The Hall–Kier alpha value is -3.57. The summed E-state index contributed by atoms with van der Waals surface area (Å²) in [6.45, 7) is 17.4. The second-order valence-corrected chi connectivity index (χ2v) is 11.9. The number of carbonyl (C=O) groups excluding carboxylic acids is 1. The molecule has 13 heteroatoms. The van der Waals surface area contributed by atoms with E-state index in [4.69, 9.17) is 29.0 Å². The van der Waals surface area contributed by atoms with Crippen molar-refractivity contribution in [1.82, 2.24) is 24.8 Å². The molecule has 47 heavy (non-hydrogen) atoms. The Morgan fingerprint density at radius 3 is 2.38 bits per heavy atom. The number of methoxy groups -OCH3 is 1. The van der Waals surface area contributed by atoms with Gasteiger partial charge in [-0.25, -0.2) is 4.98 Å². The number of rotatable bonds is 12. The van der Waals surface area contributed by atoms with E-state index in [0.717, 1.165) is 17.6 Å². The summed E-state index contributed by atoms with van der Waals surface area (Å²) in [5.74, 6) is 1.31. The number of hydrogen-bond acceptors (Lipinski definition) is 11. The maximum atomic E-state index is 11.1. The van der Waals surface area contributed by atoms with Crippen molar-refractivity contribution < 1.29 is 28.1 Å². The predicted molar refractivity (Wildman–Crippen MR) is 192 cm³/mol. The van der Waals surface area contributed by atoms with E-state index in [1.54, 1.807) is 32.0 Å². The number of nitrogens with two attached hydrogens (primary N) is 1. The van der Waals surface area contributed by atoms with Crippen molar-refractivity contribution in [1.29, 1.82) is 0 Å². The van der Waals surface area contributed by atoms with Crippen molar-refractivity contribution in [3.63, 3.8) is 0 Å². The van der Waals surface area contributed by atoms with E-state index < -0.39 is 0 Å². The van der Waals surface area contributed by atoms with Gasteiger partial charge in [0.1, 0.15) is 11.8 Å². The molecule has 2 aromatic carbocycles. The number of likely N-dealkylation sites (N-methyl/N-ethyl adjacent to an activating group) is 1. The SMILES string of the molecule is CC.CCC(COPOc1cccc2ccccc12)OC.CCOc1nc(N)nc2c1ncn2C.CNC(C)C(=O)OCC(C)(C)C. The van der Waals surface area contributed by atoms with Crippen LogP contribution in [0.4, 0.5) is 5.95 Å². The predicted octanol–water partition coefficient (Wildman–Crippen LogP) is 6.72. The molecular formula is C34H55N6O6P. The minimum atomic E-state index is -0.215. The van der Waals surface area contributed by atoms with Crippen molar-refractivity contribution in [2.24, 2.45) is 12.5 Å². The fourth-order valence-electron chi connectivity index (χ4n) is 3.60. The number of ether oxygens (including phenoxy) is 3. The van der Waals surface area contributed by atoms with Crippen LogP contribution in [0.25, 0.3) is 21.9 Å². The maximum Gasteiger partial charge on any atom is 0.322 e. The lowest BCUT2D eigenvalue weighted by atomic mass is 9.99. The molecule has 4 aromatic rings. The first-order chi connectivity index (χ1) is 22.4. The normalized spacial score (nSPS) is 12.2. The van der Waals surface area contributed by atoms with Crippen LogP contribution in [0.3, 0.4) is 0 Å². The van der Waals surface area contributed by atoms with Gasteiger partial charge in [-0.05, 0) is 44.2 Å². The van der Waals surface area contributed by atoms with Crippen molar-refractivity contribution >= 4 is 42.9 Å². The van der Waals surface area contributed by atoms with Gasteiger partial charge in [0.05, 0.1) is 32.3 Å². The van der Waals surface area contributed by atoms with Crippen LogP contribution in [0.2, 0.25) is 0 Å². The average molecular weight is 675 g/mol. The zero-order valence-electron chi connectivity index (χ0n) is 29.9. The Bertz CT molecular complexity index is 1450. The number of esters is 1. The van der Waals surface area contributed by atoms with Gasteiger partial charge < -0.3 is 38.9 Å². The zero-order valence-corrected chi connectivity index (χ0v) is 30.9. The fraction of sp³-hybridized carbons (Fsp3) is 0.529. The number of nitrogens with one attached hydrogen (secondary N) is 1. The molecule has 4 rings (SSSR count). The summed E-state index contributed by atoms with van der Waals surface area (Å²) in [4.78, 5) is 23.3.